The van der Waals surface area contributed by atoms with Crippen LogP contribution < -0.4 is 5.32 Å². The zero-order valence-electron chi connectivity index (χ0n) is 10.9. The van der Waals surface area contributed by atoms with Crippen LogP contribution in [0.4, 0.5) is 0 Å². The molecule has 100 valence electrons. The van der Waals surface area contributed by atoms with Crippen LogP contribution in [0.25, 0.3) is 10.9 Å². The number of aromatic nitrogens is 1. The van der Waals surface area contributed by atoms with E-state index in [0.29, 0.717) is 0 Å². The molecule has 2 aromatic rings. The van der Waals surface area contributed by atoms with E-state index in [2.05, 4.69) is 5.32 Å². The molecule has 19 heavy (non-hydrogen) atoms. The number of aromatic carboxylic acids is 1. The summed E-state index contributed by atoms with van der Waals surface area (Å²) >= 11 is 0. The minimum Gasteiger partial charge on any atom is -0.478 e. The van der Waals surface area contributed by atoms with Crippen LogP contribution in [0.2, 0.25) is 0 Å². The number of benzene rings is 1. The number of nitrogens with one attached hydrogen (secondary N) is 1. The van der Waals surface area contributed by atoms with Crippen LogP contribution in [0.3, 0.4) is 0 Å². The van der Waals surface area contributed by atoms with Crippen molar-refractivity contribution in [1.82, 2.24) is 9.88 Å². The molecular formula is C14H16N2O3. The monoisotopic (exact) mass is 260 g/mol. The molecule has 0 aliphatic heterocycles. The third-order valence-corrected chi connectivity index (χ3v) is 2.78. The Bertz CT molecular complexity index is 629. The highest BCUT2D eigenvalue weighted by Crippen LogP contribution is 2.17. The number of carbonyl (C=O) groups is 2. The fourth-order valence-corrected chi connectivity index (χ4v) is 1.99. The van der Waals surface area contributed by atoms with Gasteiger partial charge < -0.3 is 15.0 Å². The van der Waals surface area contributed by atoms with Crippen molar-refractivity contribution in [2.45, 2.75) is 26.4 Å². The van der Waals surface area contributed by atoms with Gasteiger partial charge in [-0.3, -0.25) is 4.79 Å². The molecule has 1 heterocycles. The molecule has 0 radical (unpaired) electrons. The van der Waals surface area contributed by atoms with E-state index >= 15 is 0 Å². The van der Waals surface area contributed by atoms with Crippen molar-refractivity contribution in [2.75, 3.05) is 0 Å². The van der Waals surface area contributed by atoms with Crippen LogP contribution in [0, 0.1) is 0 Å². The molecule has 0 saturated heterocycles. The van der Waals surface area contributed by atoms with E-state index in [1.165, 1.54) is 0 Å². The van der Waals surface area contributed by atoms with Crippen molar-refractivity contribution < 1.29 is 14.7 Å². The summed E-state index contributed by atoms with van der Waals surface area (Å²) < 4.78 is 1.80. The first-order chi connectivity index (χ1) is 8.97. The second-order valence-electron chi connectivity index (χ2n) is 4.74. The van der Waals surface area contributed by atoms with Crippen LogP contribution in [-0.4, -0.2) is 27.6 Å². The lowest BCUT2D eigenvalue weighted by Crippen LogP contribution is -2.32. The summed E-state index contributed by atoms with van der Waals surface area (Å²) in [5, 5.41) is 12.6. The molecule has 0 aliphatic rings. The van der Waals surface area contributed by atoms with Crippen molar-refractivity contribution in [3.05, 3.63) is 36.0 Å². The largest absolute Gasteiger partial charge is 0.478 e. The van der Waals surface area contributed by atoms with Crippen LogP contribution in [0.1, 0.15) is 24.2 Å². The normalized spacial score (nSPS) is 10.9. The predicted molar refractivity (Wildman–Crippen MR) is 72.2 cm³/mol. The number of carboxylic acids is 1. The van der Waals surface area contributed by atoms with E-state index in [4.69, 9.17) is 5.11 Å². The predicted octanol–water partition coefficient (Wildman–Crippen LogP) is 1.86. The lowest BCUT2D eigenvalue weighted by Gasteiger charge is -2.09. The standard InChI is InChI=1S/C14H16N2O3/c1-9(2)15-13(17)8-16-6-5-10-7-11(14(18)19)3-4-12(10)16/h3-7,9H,8H2,1-2H3,(H,15,17)(H,18,19). The van der Waals surface area contributed by atoms with Crippen molar-refractivity contribution in [2.24, 2.45) is 0 Å². The zero-order chi connectivity index (χ0) is 14.0. The molecule has 2 rings (SSSR count). The Morgan fingerprint density at radius 3 is 2.68 bits per heavy atom. The maximum Gasteiger partial charge on any atom is 0.335 e. The Balaban J connectivity index is 2.26. The van der Waals surface area contributed by atoms with Crippen LogP contribution in [0.15, 0.2) is 30.5 Å². The molecule has 0 bridgehead atoms. The maximum absolute atomic E-state index is 11.7. The molecule has 1 amide bonds. The molecule has 0 fully saturated rings. The van der Waals surface area contributed by atoms with Crippen LogP contribution in [-0.2, 0) is 11.3 Å². The van der Waals surface area contributed by atoms with Crippen molar-refractivity contribution >= 4 is 22.8 Å². The van der Waals surface area contributed by atoms with Gasteiger partial charge in [0.05, 0.1) is 5.56 Å². The molecule has 1 aromatic heterocycles. The third-order valence-electron chi connectivity index (χ3n) is 2.78. The summed E-state index contributed by atoms with van der Waals surface area (Å²) in [6.07, 6.45) is 1.79. The van der Waals surface area contributed by atoms with Gasteiger partial charge in [0, 0.05) is 23.1 Å². The van der Waals surface area contributed by atoms with Gasteiger partial charge in [0.2, 0.25) is 5.91 Å². The number of rotatable bonds is 4. The highest BCUT2D eigenvalue weighted by molar-refractivity contribution is 5.94. The Morgan fingerprint density at radius 2 is 2.05 bits per heavy atom. The molecule has 2 N–H and O–H groups in total. The summed E-state index contributed by atoms with van der Waals surface area (Å²) in [6.45, 7) is 4.05. The smallest absolute Gasteiger partial charge is 0.335 e. The van der Waals surface area contributed by atoms with E-state index in [0.717, 1.165) is 10.9 Å². The number of fused-ring (bicyclic) bond motifs is 1. The van der Waals surface area contributed by atoms with E-state index < -0.39 is 5.97 Å². The van der Waals surface area contributed by atoms with Gasteiger partial charge in [0.25, 0.3) is 0 Å². The minimum atomic E-state index is -0.952. The lowest BCUT2D eigenvalue weighted by molar-refractivity contribution is -0.122. The number of carboxylic acid groups (broad SMARTS) is 1. The van der Waals surface area contributed by atoms with Crippen LogP contribution in [0.5, 0.6) is 0 Å². The van der Waals surface area contributed by atoms with Gasteiger partial charge in [-0.15, -0.1) is 0 Å². The Hall–Kier alpha value is -2.30. The van der Waals surface area contributed by atoms with Gasteiger partial charge in [-0.05, 0) is 38.1 Å². The summed E-state index contributed by atoms with van der Waals surface area (Å²) in [5.74, 6) is -1.01. The lowest BCUT2D eigenvalue weighted by atomic mass is 10.1. The second-order valence-corrected chi connectivity index (χ2v) is 4.74. The van der Waals surface area contributed by atoms with E-state index in [1.807, 2.05) is 19.9 Å². The zero-order valence-corrected chi connectivity index (χ0v) is 10.9. The van der Waals surface area contributed by atoms with Gasteiger partial charge in [-0.1, -0.05) is 0 Å². The van der Waals surface area contributed by atoms with Crippen molar-refractivity contribution in [1.29, 1.82) is 0 Å². The first-order valence-corrected chi connectivity index (χ1v) is 6.09. The number of hydrogen-bond donors (Lipinski definition) is 2. The molecule has 5 heteroatoms. The van der Waals surface area contributed by atoms with Gasteiger partial charge in [0.15, 0.2) is 0 Å². The van der Waals surface area contributed by atoms with Crippen molar-refractivity contribution in [3.63, 3.8) is 0 Å². The average Bonchev–Trinajstić information content (AvgIpc) is 2.70. The number of carbonyl (C=O) groups excluding carboxylic acids is 1. The average molecular weight is 260 g/mol. The third kappa shape index (κ3) is 2.93. The topological polar surface area (TPSA) is 71.3 Å². The second kappa shape index (κ2) is 5.14. The highest BCUT2D eigenvalue weighted by Gasteiger charge is 2.09. The molecule has 0 unspecified atom stereocenters. The maximum atomic E-state index is 11.7. The SMILES string of the molecule is CC(C)NC(=O)Cn1ccc2cc(C(=O)O)ccc21. The van der Waals surface area contributed by atoms with Crippen LogP contribution >= 0.6 is 0 Å². The Labute approximate surface area is 110 Å². The number of nitrogens with zero attached hydrogens (tertiary/aromatic N) is 1. The van der Waals surface area contributed by atoms with Gasteiger partial charge in [-0.25, -0.2) is 4.79 Å². The molecular weight excluding hydrogens is 244 g/mol. The molecule has 1 aromatic carbocycles. The van der Waals surface area contributed by atoms with E-state index in [1.54, 1.807) is 29.0 Å². The summed E-state index contributed by atoms with van der Waals surface area (Å²) in [7, 11) is 0. The molecule has 0 atom stereocenters. The Morgan fingerprint density at radius 1 is 1.32 bits per heavy atom. The molecule has 0 saturated carbocycles. The summed E-state index contributed by atoms with van der Waals surface area (Å²) in [5.41, 5.74) is 1.10. The minimum absolute atomic E-state index is 0.0604. The highest BCUT2D eigenvalue weighted by atomic mass is 16.4. The fourth-order valence-electron chi connectivity index (χ4n) is 1.99. The Kier molecular flexibility index (Phi) is 3.55. The van der Waals surface area contributed by atoms with Gasteiger partial charge in [0.1, 0.15) is 6.54 Å². The fraction of sp³-hybridized carbons (Fsp3) is 0.286. The first-order valence-electron chi connectivity index (χ1n) is 6.09. The summed E-state index contributed by atoms with van der Waals surface area (Å²) in [4.78, 5) is 22.6. The van der Waals surface area contributed by atoms with Crippen molar-refractivity contribution in [3.8, 4) is 0 Å². The van der Waals surface area contributed by atoms with Gasteiger partial charge in [-0.2, -0.15) is 0 Å². The molecule has 0 aliphatic carbocycles. The summed E-state index contributed by atoms with van der Waals surface area (Å²) in [6, 6.07) is 6.79. The van der Waals surface area contributed by atoms with E-state index in [-0.39, 0.29) is 24.1 Å². The molecule has 0 spiro atoms. The first kappa shape index (κ1) is 13.1. The van der Waals surface area contributed by atoms with Gasteiger partial charge >= 0.3 is 5.97 Å². The quantitative estimate of drug-likeness (QED) is 0.881. The number of hydrogen-bond acceptors (Lipinski definition) is 2. The number of amides is 1. The van der Waals surface area contributed by atoms with E-state index in [9.17, 15) is 9.59 Å². The molecule has 5 nitrogen and oxygen atoms in total.